The van der Waals surface area contributed by atoms with Crippen LogP contribution in [0.15, 0.2) is 30.3 Å². The molecule has 9 heteroatoms. The van der Waals surface area contributed by atoms with Gasteiger partial charge in [-0.25, -0.2) is 0 Å². The Hall–Kier alpha value is -2.02. The van der Waals surface area contributed by atoms with Crippen molar-refractivity contribution < 1.29 is 14.8 Å². The molecule has 0 bridgehead atoms. The van der Waals surface area contributed by atoms with Crippen LogP contribution in [0.2, 0.25) is 15.1 Å². The fraction of sp³-hybridized carbons (Fsp3) is 0. The monoisotopic (exact) mass is 360 g/mol. The molecule has 0 fully saturated rings. The summed E-state index contributed by atoms with van der Waals surface area (Å²) in [4.78, 5) is 22.2. The van der Waals surface area contributed by atoms with Crippen molar-refractivity contribution in [3.63, 3.8) is 0 Å². The minimum Gasteiger partial charge on any atom is -0.507 e. The van der Waals surface area contributed by atoms with E-state index in [1.54, 1.807) is 0 Å². The lowest BCUT2D eigenvalue weighted by molar-refractivity contribution is -0.384. The third-order valence-corrected chi connectivity index (χ3v) is 3.51. The number of rotatable bonds is 3. The zero-order chi connectivity index (χ0) is 16.4. The van der Waals surface area contributed by atoms with Gasteiger partial charge in [0.2, 0.25) is 0 Å². The first-order valence-electron chi connectivity index (χ1n) is 5.73. The van der Waals surface area contributed by atoms with E-state index in [4.69, 9.17) is 34.8 Å². The zero-order valence-corrected chi connectivity index (χ0v) is 12.9. The quantitative estimate of drug-likeness (QED) is 0.621. The number of carbonyl (C=O) groups is 1. The summed E-state index contributed by atoms with van der Waals surface area (Å²) in [6.45, 7) is 0. The minimum absolute atomic E-state index is 0.00157. The fourth-order valence-electron chi connectivity index (χ4n) is 1.66. The number of hydrogen-bond donors (Lipinski definition) is 2. The van der Waals surface area contributed by atoms with Crippen LogP contribution in [0, 0.1) is 10.1 Å². The van der Waals surface area contributed by atoms with Crippen LogP contribution in [0.25, 0.3) is 0 Å². The molecule has 0 saturated carbocycles. The van der Waals surface area contributed by atoms with E-state index < -0.39 is 10.8 Å². The summed E-state index contributed by atoms with van der Waals surface area (Å²) in [6, 6.07) is 6.05. The molecule has 0 spiro atoms. The molecular formula is C13H7Cl3N2O4. The van der Waals surface area contributed by atoms with Crippen LogP contribution >= 0.6 is 34.8 Å². The van der Waals surface area contributed by atoms with Gasteiger partial charge in [-0.15, -0.1) is 0 Å². The van der Waals surface area contributed by atoms with Crippen molar-refractivity contribution in [3.8, 4) is 5.75 Å². The van der Waals surface area contributed by atoms with Gasteiger partial charge in [0.25, 0.3) is 11.6 Å². The van der Waals surface area contributed by atoms with Crippen molar-refractivity contribution in [3.05, 3.63) is 61.1 Å². The third-order valence-electron chi connectivity index (χ3n) is 2.68. The molecule has 0 unspecified atom stereocenters. The molecule has 6 nitrogen and oxygen atoms in total. The molecule has 2 N–H and O–H groups in total. The van der Waals surface area contributed by atoms with Gasteiger partial charge in [-0.2, -0.15) is 0 Å². The van der Waals surface area contributed by atoms with Crippen molar-refractivity contribution in [2.75, 3.05) is 5.32 Å². The summed E-state index contributed by atoms with van der Waals surface area (Å²) >= 11 is 17.5. The van der Waals surface area contributed by atoms with Gasteiger partial charge >= 0.3 is 0 Å². The predicted octanol–water partition coefficient (Wildman–Crippen LogP) is 4.51. The summed E-state index contributed by atoms with van der Waals surface area (Å²) in [6.07, 6.45) is 0. The molecule has 0 aliphatic rings. The summed E-state index contributed by atoms with van der Waals surface area (Å²) in [5.41, 5.74) is -0.394. The van der Waals surface area contributed by atoms with Gasteiger partial charge in [0, 0.05) is 17.2 Å². The number of hydrogen-bond acceptors (Lipinski definition) is 4. The Balaban J connectivity index is 2.36. The number of benzene rings is 2. The Kier molecular flexibility index (Phi) is 4.75. The molecule has 2 aromatic carbocycles. The Morgan fingerprint density at radius 3 is 2.27 bits per heavy atom. The number of anilines is 1. The number of nitrogens with one attached hydrogen (secondary N) is 1. The average molecular weight is 362 g/mol. The molecule has 0 radical (unpaired) electrons. The highest BCUT2D eigenvalue weighted by molar-refractivity contribution is 6.40. The van der Waals surface area contributed by atoms with Crippen LogP contribution in [-0.4, -0.2) is 15.9 Å². The molecule has 0 aliphatic carbocycles. The van der Waals surface area contributed by atoms with E-state index >= 15 is 0 Å². The van der Waals surface area contributed by atoms with Crippen molar-refractivity contribution in [1.82, 2.24) is 0 Å². The number of non-ortho nitro benzene ring substituents is 1. The molecule has 2 rings (SSSR count). The lowest BCUT2D eigenvalue weighted by atomic mass is 10.2. The number of phenols is 1. The van der Waals surface area contributed by atoms with Crippen LogP contribution < -0.4 is 5.32 Å². The molecule has 0 saturated heterocycles. The first-order valence-corrected chi connectivity index (χ1v) is 6.86. The maximum Gasteiger partial charge on any atom is 0.272 e. The molecular weight excluding hydrogens is 355 g/mol. The normalized spacial score (nSPS) is 10.3. The minimum atomic E-state index is -0.711. The smallest absolute Gasteiger partial charge is 0.272 e. The van der Waals surface area contributed by atoms with Crippen LogP contribution in [0.5, 0.6) is 5.75 Å². The summed E-state index contributed by atoms with van der Waals surface area (Å²) in [5.74, 6) is -0.992. The highest BCUT2D eigenvalue weighted by atomic mass is 35.5. The molecule has 114 valence electrons. The van der Waals surface area contributed by atoms with Crippen molar-refractivity contribution in [2.24, 2.45) is 0 Å². The molecule has 2 aromatic rings. The van der Waals surface area contributed by atoms with E-state index in [0.29, 0.717) is 0 Å². The maximum absolute atomic E-state index is 12.1. The summed E-state index contributed by atoms with van der Waals surface area (Å²) in [5, 5.41) is 22.8. The van der Waals surface area contributed by atoms with Gasteiger partial charge < -0.3 is 10.4 Å². The van der Waals surface area contributed by atoms with E-state index in [1.165, 1.54) is 18.2 Å². The molecule has 22 heavy (non-hydrogen) atoms. The van der Waals surface area contributed by atoms with Crippen molar-refractivity contribution >= 4 is 52.1 Å². The number of nitro groups is 1. The van der Waals surface area contributed by atoms with Gasteiger partial charge in [0.1, 0.15) is 5.75 Å². The lowest BCUT2D eigenvalue weighted by Crippen LogP contribution is -2.13. The van der Waals surface area contributed by atoms with E-state index in [2.05, 4.69) is 5.32 Å². The number of nitro benzene ring substituents is 1. The highest BCUT2D eigenvalue weighted by Crippen LogP contribution is 2.35. The predicted molar refractivity (Wildman–Crippen MR) is 84.2 cm³/mol. The second-order valence-electron chi connectivity index (χ2n) is 4.16. The number of nitrogens with zero attached hydrogens (tertiary/aromatic N) is 1. The SMILES string of the molecule is O=C(Nc1c(Cl)cc([N+](=O)[O-])cc1Cl)c1cc(Cl)ccc1O. The maximum atomic E-state index is 12.1. The van der Waals surface area contributed by atoms with Gasteiger partial charge in [0.15, 0.2) is 0 Å². The van der Waals surface area contributed by atoms with Crippen LogP contribution in [0.1, 0.15) is 10.4 Å². The van der Waals surface area contributed by atoms with E-state index in [1.807, 2.05) is 0 Å². The topological polar surface area (TPSA) is 92.5 Å². The number of carbonyl (C=O) groups excluding carboxylic acids is 1. The molecule has 0 aromatic heterocycles. The molecule has 0 atom stereocenters. The average Bonchev–Trinajstić information content (AvgIpc) is 2.44. The Morgan fingerprint density at radius 2 is 1.73 bits per heavy atom. The van der Waals surface area contributed by atoms with E-state index in [9.17, 15) is 20.0 Å². The van der Waals surface area contributed by atoms with Gasteiger partial charge in [-0.05, 0) is 18.2 Å². The molecule has 0 heterocycles. The Bertz CT molecular complexity index is 757. The second-order valence-corrected chi connectivity index (χ2v) is 5.41. The number of phenolic OH excluding ortho intramolecular Hbond substituents is 1. The first kappa shape index (κ1) is 16.4. The third kappa shape index (κ3) is 3.41. The summed E-state index contributed by atoms with van der Waals surface area (Å²) < 4.78 is 0. The van der Waals surface area contributed by atoms with Crippen molar-refractivity contribution in [2.45, 2.75) is 0 Å². The lowest BCUT2D eigenvalue weighted by Gasteiger charge is -2.10. The first-order chi connectivity index (χ1) is 10.3. The number of amides is 1. The Morgan fingerprint density at radius 1 is 1.14 bits per heavy atom. The largest absolute Gasteiger partial charge is 0.507 e. The van der Waals surface area contributed by atoms with Crippen LogP contribution in [-0.2, 0) is 0 Å². The zero-order valence-electron chi connectivity index (χ0n) is 10.6. The Labute approximate surface area is 139 Å². The van der Waals surface area contributed by atoms with Crippen LogP contribution in [0.4, 0.5) is 11.4 Å². The van der Waals surface area contributed by atoms with Crippen LogP contribution in [0.3, 0.4) is 0 Å². The second kappa shape index (κ2) is 6.39. The molecule has 1 amide bonds. The van der Waals surface area contributed by atoms with Gasteiger partial charge in [-0.3, -0.25) is 14.9 Å². The highest BCUT2D eigenvalue weighted by Gasteiger charge is 2.18. The van der Waals surface area contributed by atoms with E-state index in [0.717, 1.165) is 12.1 Å². The van der Waals surface area contributed by atoms with Gasteiger partial charge in [0.05, 0.1) is 26.2 Å². The van der Waals surface area contributed by atoms with Gasteiger partial charge in [-0.1, -0.05) is 34.8 Å². The fourth-order valence-corrected chi connectivity index (χ4v) is 2.40. The number of halogens is 3. The number of aromatic hydroxyl groups is 1. The summed E-state index contributed by atoms with van der Waals surface area (Å²) in [7, 11) is 0. The van der Waals surface area contributed by atoms with Crippen molar-refractivity contribution in [1.29, 1.82) is 0 Å². The molecule has 0 aliphatic heterocycles. The van der Waals surface area contributed by atoms with E-state index in [-0.39, 0.29) is 37.8 Å². The standard InChI is InChI=1S/C13H7Cl3N2O4/c14-6-1-2-11(19)8(3-6)13(20)17-12-9(15)4-7(18(21)22)5-10(12)16/h1-5,19H,(H,17,20).